The third-order valence-electron chi connectivity index (χ3n) is 4.05. The normalized spacial score (nSPS) is 27.6. The van der Waals surface area contributed by atoms with Gasteiger partial charge in [-0.15, -0.1) is 0 Å². The van der Waals surface area contributed by atoms with E-state index in [0.717, 1.165) is 44.7 Å². The van der Waals surface area contributed by atoms with Crippen LogP contribution in [0.5, 0.6) is 0 Å². The maximum Gasteiger partial charge on any atom is 0.251 e. The first-order chi connectivity index (χ1) is 9.33. The van der Waals surface area contributed by atoms with Gasteiger partial charge >= 0.3 is 0 Å². The Morgan fingerprint density at radius 1 is 1.16 bits per heavy atom. The molecule has 3 rings (SSSR count). The summed E-state index contributed by atoms with van der Waals surface area (Å²) < 4.78 is 5.36. The summed E-state index contributed by atoms with van der Waals surface area (Å²) >= 11 is 0. The molecule has 2 fully saturated rings. The third-order valence-corrected chi connectivity index (χ3v) is 4.05. The van der Waals surface area contributed by atoms with Crippen molar-refractivity contribution in [2.45, 2.75) is 24.9 Å². The van der Waals surface area contributed by atoms with Crippen LogP contribution >= 0.6 is 0 Å². The van der Waals surface area contributed by atoms with Gasteiger partial charge in [0.2, 0.25) is 0 Å². The van der Waals surface area contributed by atoms with Crippen LogP contribution < -0.4 is 5.32 Å². The first-order valence-electron chi connectivity index (χ1n) is 7.00. The summed E-state index contributed by atoms with van der Waals surface area (Å²) in [5.74, 6) is 0.0472. The predicted molar refractivity (Wildman–Crippen MR) is 73.1 cm³/mol. The van der Waals surface area contributed by atoms with Crippen molar-refractivity contribution in [3.8, 4) is 0 Å². The largest absolute Gasteiger partial charge is 0.379 e. The van der Waals surface area contributed by atoms with Crippen LogP contribution in [0, 0.1) is 0 Å². The first kappa shape index (κ1) is 12.6. The number of morpholine rings is 1. The fraction of sp³-hybridized carbons (Fsp3) is 0.533. The number of ether oxygens (including phenoxy) is 1. The molecule has 2 aliphatic rings. The lowest BCUT2D eigenvalue weighted by atomic mass is 9.85. The highest BCUT2D eigenvalue weighted by Gasteiger charge is 2.35. The van der Waals surface area contributed by atoms with E-state index in [2.05, 4.69) is 10.2 Å². The van der Waals surface area contributed by atoms with E-state index < -0.39 is 0 Å². The molecule has 0 unspecified atom stereocenters. The van der Waals surface area contributed by atoms with Crippen molar-refractivity contribution in [2.24, 2.45) is 0 Å². The van der Waals surface area contributed by atoms with Crippen molar-refractivity contribution in [3.63, 3.8) is 0 Å². The van der Waals surface area contributed by atoms with E-state index in [4.69, 9.17) is 4.74 Å². The lowest BCUT2D eigenvalue weighted by molar-refractivity contribution is -0.00950. The van der Waals surface area contributed by atoms with Crippen molar-refractivity contribution < 1.29 is 9.53 Å². The van der Waals surface area contributed by atoms with E-state index in [9.17, 15) is 4.79 Å². The molecule has 1 aliphatic carbocycles. The van der Waals surface area contributed by atoms with Gasteiger partial charge < -0.3 is 10.1 Å². The van der Waals surface area contributed by atoms with Gasteiger partial charge in [-0.05, 0) is 25.0 Å². The van der Waals surface area contributed by atoms with Gasteiger partial charge in [0, 0.05) is 30.7 Å². The van der Waals surface area contributed by atoms with Gasteiger partial charge in [0.1, 0.15) is 0 Å². The molecule has 0 bridgehead atoms. The van der Waals surface area contributed by atoms with E-state index in [1.807, 2.05) is 30.3 Å². The summed E-state index contributed by atoms with van der Waals surface area (Å²) in [6.45, 7) is 3.75. The zero-order chi connectivity index (χ0) is 13.1. The minimum Gasteiger partial charge on any atom is -0.379 e. The summed E-state index contributed by atoms with van der Waals surface area (Å²) in [4.78, 5) is 14.5. The van der Waals surface area contributed by atoms with E-state index in [-0.39, 0.29) is 5.91 Å². The quantitative estimate of drug-likeness (QED) is 0.890. The summed E-state index contributed by atoms with van der Waals surface area (Å²) in [6.07, 6.45) is 2.14. The van der Waals surface area contributed by atoms with Gasteiger partial charge in [0.05, 0.1) is 13.2 Å². The molecule has 1 saturated carbocycles. The third kappa shape index (κ3) is 2.96. The molecule has 4 nitrogen and oxygen atoms in total. The number of carbonyl (C=O) groups is 1. The van der Waals surface area contributed by atoms with Crippen LogP contribution in [0.4, 0.5) is 0 Å². The minimum absolute atomic E-state index is 0.0472. The standard InChI is InChI=1S/C15H20N2O2/c18-15(12-4-2-1-3-5-12)16-13-10-14(11-13)17-6-8-19-9-7-17/h1-5,13-14H,6-11H2,(H,16,18). The molecule has 1 heterocycles. The molecule has 1 N–H and O–H groups in total. The number of hydrogen-bond acceptors (Lipinski definition) is 3. The van der Waals surface area contributed by atoms with E-state index >= 15 is 0 Å². The van der Waals surface area contributed by atoms with Crippen LogP contribution in [0.15, 0.2) is 30.3 Å². The summed E-state index contributed by atoms with van der Waals surface area (Å²) in [6, 6.07) is 10.4. The molecule has 4 heteroatoms. The Kier molecular flexibility index (Phi) is 3.80. The number of benzene rings is 1. The minimum atomic E-state index is 0.0472. The summed E-state index contributed by atoms with van der Waals surface area (Å²) in [5.41, 5.74) is 0.748. The maximum atomic E-state index is 12.0. The molecule has 1 aromatic rings. The molecule has 0 atom stereocenters. The number of hydrogen-bond donors (Lipinski definition) is 1. The molecule has 1 amide bonds. The average molecular weight is 260 g/mol. The fourth-order valence-electron chi connectivity index (χ4n) is 2.80. The second-order valence-corrected chi connectivity index (χ2v) is 5.31. The number of amides is 1. The Labute approximate surface area is 113 Å². The lowest BCUT2D eigenvalue weighted by Gasteiger charge is -2.44. The number of carbonyl (C=O) groups excluding carboxylic acids is 1. The van der Waals surface area contributed by atoms with Crippen molar-refractivity contribution in [2.75, 3.05) is 26.3 Å². The van der Waals surface area contributed by atoms with E-state index in [1.54, 1.807) is 0 Å². The molecule has 0 spiro atoms. The van der Waals surface area contributed by atoms with Crippen molar-refractivity contribution >= 4 is 5.91 Å². The van der Waals surface area contributed by atoms with Crippen LogP contribution in [0.25, 0.3) is 0 Å². The molecule has 0 radical (unpaired) electrons. The molecule has 1 aromatic carbocycles. The molecule has 1 saturated heterocycles. The van der Waals surface area contributed by atoms with Crippen LogP contribution in [-0.2, 0) is 4.74 Å². The van der Waals surface area contributed by atoms with Crippen molar-refractivity contribution in [1.29, 1.82) is 0 Å². The maximum absolute atomic E-state index is 12.0. The van der Waals surface area contributed by atoms with E-state index in [1.165, 1.54) is 0 Å². The van der Waals surface area contributed by atoms with Gasteiger partial charge in [-0.2, -0.15) is 0 Å². The van der Waals surface area contributed by atoms with Gasteiger partial charge in [0.15, 0.2) is 0 Å². The van der Waals surface area contributed by atoms with Crippen molar-refractivity contribution in [3.05, 3.63) is 35.9 Å². The Balaban J connectivity index is 1.45. The Bertz CT molecular complexity index is 423. The first-order valence-corrected chi connectivity index (χ1v) is 7.00. The van der Waals surface area contributed by atoms with Gasteiger partial charge in [0.25, 0.3) is 5.91 Å². The van der Waals surface area contributed by atoms with Crippen molar-refractivity contribution in [1.82, 2.24) is 10.2 Å². The zero-order valence-electron chi connectivity index (χ0n) is 11.0. The van der Waals surface area contributed by atoms with Crippen LogP contribution in [0.2, 0.25) is 0 Å². The van der Waals surface area contributed by atoms with Gasteiger partial charge in [-0.25, -0.2) is 0 Å². The topological polar surface area (TPSA) is 41.6 Å². The molecule has 102 valence electrons. The molecular weight excluding hydrogens is 240 g/mol. The zero-order valence-corrected chi connectivity index (χ0v) is 11.0. The fourth-order valence-corrected chi connectivity index (χ4v) is 2.80. The Hall–Kier alpha value is -1.39. The second kappa shape index (κ2) is 5.72. The average Bonchev–Trinajstić information content (AvgIpc) is 2.44. The van der Waals surface area contributed by atoms with Gasteiger partial charge in [-0.3, -0.25) is 9.69 Å². The molecule has 19 heavy (non-hydrogen) atoms. The monoisotopic (exact) mass is 260 g/mol. The second-order valence-electron chi connectivity index (χ2n) is 5.31. The molecule has 1 aliphatic heterocycles. The SMILES string of the molecule is O=C(NC1CC(N2CCOCC2)C1)c1ccccc1. The van der Waals surface area contributed by atoms with Gasteiger partial charge in [-0.1, -0.05) is 18.2 Å². The van der Waals surface area contributed by atoms with Crippen LogP contribution in [-0.4, -0.2) is 49.2 Å². The highest BCUT2D eigenvalue weighted by atomic mass is 16.5. The Morgan fingerprint density at radius 3 is 2.53 bits per heavy atom. The molecule has 0 aromatic heterocycles. The van der Waals surface area contributed by atoms with E-state index in [0.29, 0.717) is 12.1 Å². The predicted octanol–water partition coefficient (Wildman–Crippen LogP) is 1.28. The number of rotatable bonds is 3. The molecular formula is C15H20N2O2. The van der Waals surface area contributed by atoms with Crippen LogP contribution in [0.1, 0.15) is 23.2 Å². The lowest BCUT2D eigenvalue weighted by Crippen LogP contribution is -2.56. The number of nitrogens with zero attached hydrogens (tertiary/aromatic N) is 1. The smallest absolute Gasteiger partial charge is 0.251 e. The highest BCUT2D eigenvalue weighted by molar-refractivity contribution is 5.94. The highest BCUT2D eigenvalue weighted by Crippen LogP contribution is 2.26. The summed E-state index contributed by atoms with van der Waals surface area (Å²) in [7, 11) is 0. The Morgan fingerprint density at radius 2 is 1.84 bits per heavy atom. The summed E-state index contributed by atoms with van der Waals surface area (Å²) in [5, 5.41) is 3.10. The van der Waals surface area contributed by atoms with Crippen LogP contribution in [0.3, 0.4) is 0 Å². The number of nitrogens with one attached hydrogen (secondary N) is 1.